The van der Waals surface area contributed by atoms with E-state index in [2.05, 4.69) is 19.4 Å². The van der Waals surface area contributed by atoms with Gasteiger partial charge in [0.05, 0.1) is 4.97 Å². The molecule has 4 nitrogen and oxygen atoms in total. The van der Waals surface area contributed by atoms with E-state index in [1.165, 1.54) is 17.9 Å². The van der Waals surface area contributed by atoms with Gasteiger partial charge in [-0.1, -0.05) is 6.92 Å². The van der Waals surface area contributed by atoms with E-state index in [0.29, 0.717) is 0 Å². The van der Waals surface area contributed by atoms with Crippen LogP contribution in [0.3, 0.4) is 0 Å². The number of nitrogens with zero attached hydrogens (tertiary/aromatic N) is 1. The molecule has 16 heavy (non-hydrogen) atoms. The molecule has 0 heterocycles. The fourth-order valence-corrected chi connectivity index (χ4v) is 4.02. The highest BCUT2D eigenvalue weighted by molar-refractivity contribution is 8.32. The first kappa shape index (κ1) is 16.2. The minimum absolute atomic E-state index is 0.179. The molecule has 0 saturated carbocycles. The minimum atomic E-state index is -0.455. The maximum Gasteiger partial charge on any atom is 0.179 e. The number of quaternary nitrogens is 1. The van der Waals surface area contributed by atoms with Crippen molar-refractivity contribution in [2.75, 3.05) is 51.9 Å². The second-order valence-corrected chi connectivity index (χ2v) is 8.76. The molecule has 0 aromatic rings. The van der Waals surface area contributed by atoms with Crippen molar-refractivity contribution in [1.82, 2.24) is 0 Å². The Balaban J connectivity index is 4.04. The predicted molar refractivity (Wildman–Crippen MR) is 70.2 cm³/mol. The van der Waals surface area contributed by atoms with Crippen molar-refractivity contribution in [3.05, 3.63) is 0 Å². The van der Waals surface area contributed by atoms with Crippen LogP contribution in [-0.4, -0.2) is 56.9 Å². The molecule has 0 aliphatic heterocycles. The van der Waals surface area contributed by atoms with Crippen LogP contribution in [-0.2, 0) is 14.5 Å². The van der Waals surface area contributed by atoms with Crippen molar-refractivity contribution in [3.8, 4) is 0 Å². The van der Waals surface area contributed by atoms with E-state index < -0.39 is 10.0 Å². The van der Waals surface area contributed by atoms with E-state index in [1.54, 1.807) is 21.3 Å². The van der Waals surface area contributed by atoms with Crippen LogP contribution in [0.2, 0.25) is 0 Å². The summed E-state index contributed by atoms with van der Waals surface area (Å²) < 4.78 is 0. The largest absolute Gasteiger partial charge is 0.247 e. The molecule has 0 atom stereocenters. The molecular formula is C11H28NO3S+. The average molecular weight is 254 g/mol. The summed E-state index contributed by atoms with van der Waals surface area (Å²) >= 11 is 0. The fraction of sp³-hybridized carbons (Fsp3) is 1.00. The van der Waals surface area contributed by atoms with Gasteiger partial charge in [0.25, 0.3) is 0 Å². The Hall–Kier alpha value is 0.190. The molecule has 0 aromatic carbocycles. The molecule has 0 unspecified atom stereocenters. The van der Waals surface area contributed by atoms with E-state index in [4.69, 9.17) is 14.5 Å². The molecule has 100 valence electrons. The third-order valence-corrected chi connectivity index (χ3v) is 5.63. The molecule has 5 heteroatoms. The molecule has 0 saturated heterocycles. The van der Waals surface area contributed by atoms with Gasteiger partial charge in [0.15, 0.2) is 6.54 Å². The number of hydroxylamine groups is 3. The summed E-state index contributed by atoms with van der Waals surface area (Å²) in [6.07, 6.45) is 7.09. The van der Waals surface area contributed by atoms with Crippen molar-refractivity contribution in [3.63, 3.8) is 0 Å². The third-order valence-electron chi connectivity index (χ3n) is 2.72. The van der Waals surface area contributed by atoms with Crippen LogP contribution in [0.15, 0.2) is 0 Å². The first-order valence-corrected chi connectivity index (χ1v) is 8.48. The summed E-state index contributed by atoms with van der Waals surface area (Å²) in [5.41, 5.74) is 0. The van der Waals surface area contributed by atoms with Crippen LogP contribution in [0.25, 0.3) is 0 Å². The Morgan fingerprint density at radius 2 is 1.44 bits per heavy atom. The topological polar surface area (TPSA) is 27.7 Å². The van der Waals surface area contributed by atoms with Crippen molar-refractivity contribution in [2.24, 2.45) is 0 Å². The summed E-state index contributed by atoms with van der Waals surface area (Å²) in [4.78, 5) is 15.5. The SMILES string of the molecule is CCCS(C)(C)CCC[N+](OC)(OC)OC. The van der Waals surface area contributed by atoms with Crippen LogP contribution in [0.1, 0.15) is 19.8 Å². The van der Waals surface area contributed by atoms with Gasteiger partial charge in [0.1, 0.15) is 21.3 Å². The van der Waals surface area contributed by atoms with Gasteiger partial charge in [-0.3, -0.25) is 0 Å². The standard InChI is InChI=1S/C11H28NO3S/c1-7-10-16(5,6)11-8-9-12(13-2,14-3)15-4/h7-11H2,1-6H3/q+1. The van der Waals surface area contributed by atoms with Gasteiger partial charge in [-0.05, 0) is 30.4 Å². The van der Waals surface area contributed by atoms with E-state index in [-0.39, 0.29) is 4.97 Å². The molecule has 0 rings (SSSR count). The van der Waals surface area contributed by atoms with Gasteiger partial charge < -0.3 is 0 Å². The smallest absolute Gasteiger partial charge is 0.179 e. The van der Waals surface area contributed by atoms with Gasteiger partial charge in [0.2, 0.25) is 0 Å². The maximum atomic E-state index is 5.21. The molecule has 0 aliphatic rings. The Morgan fingerprint density at radius 3 is 1.81 bits per heavy atom. The summed E-state index contributed by atoms with van der Waals surface area (Å²) in [6.45, 7) is 2.97. The van der Waals surface area contributed by atoms with E-state index in [9.17, 15) is 0 Å². The van der Waals surface area contributed by atoms with Crippen LogP contribution in [0, 0.1) is 0 Å². The van der Waals surface area contributed by atoms with Crippen molar-refractivity contribution in [1.29, 1.82) is 0 Å². The number of rotatable bonds is 9. The molecule has 0 spiro atoms. The Labute approximate surface area is 102 Å². The van der Waals surface area contributed by atoms with E-state index in [0.717, 1.165) is 13.0 Å². The summed E-state index contributed by atoms with van der Waals surface area (Å²) in [5.74, 6) is 2.57. The summed E-state index contributed by atoms with van der Waals surface area (Å²) in [7, 11) is 4.33. The van der Waals surface area contributed by atoms with E-state index in [1.807, 2.05) is 0 Å². The molecule has 0 radical (unpaired) electrons. The maximum absolute atomic E-state index is 5.21. The molecule has 0 fully saturated rings. The molecule has 0 aromatic heterocycles. The lowest BCUT2D eigenvalue weighted by molar-refractivity contribution is -1.36. The molecule has 0 amide bonds. The Bertz CT molecular complexity index is 176. The predicted octanol–water partition coefficient (Wildman–Crippen LogP) is 2.35. The Kier molecular flexibility index (Phi) is 7.59. The highest BCUT2D eigenvalue weighted by atomic mass is 32.3. The molecule has 0 N–H and O–H groups in total. The zero-order chi connectivity index (χ0) is 12.7. The lowest BCUT2D eigenvalue weighted by Gasteiger charge is -2.32. The number of hydrogen-bond donors (Lipinski definition) is 0. The third kappa shape index (κ3) is 5.50. The van der Waals surface area contributed by atoms with Crippen molar-refractivity contribution in [2.45, 2.75) is 19.8 Å². The highest BCUT2D eigenvalue weighted by Gasteiger charge is 2.30. The first-order chi connectivity index (χ1) is 7.45. The first-order valence-electron chi connectivity index (χ1n) is 5.69. The number of hydrogen-bond acceptors (Lipinski definition) is 3. The zero-order valence-corrected chi connectivity index (χ0v) is 12.4. The van der Waals surface area contributed by atoms with Gasteiger partial charge in [-0.25, -0.2) is 10.0 Å². The lowest BCUT2D eigenvalue weighted by Crippen LogP contribution is -2.45. The van der Waals surface area contributed by atoms with Crippen LogP contribution < -0.4 is 0 Å². The zero-order valence-electron chi connectivity index (χ0n) is 11.6. The second kappa shape index (κ2) is 7.50. The molecule has 0 aliphatic carbocycles. The second-order valence-electron chi connectivity index (χ2n) is 4.41. The highest BCUT2D eigenvalue weighted by Crippen LogP contribution is 2.40. The molecular weight excluding hydrogens is 226 g/mol. The quantitative estimate of drug-likeness (QED) is 0.467. The van der Waals surface area contributed by atoms with E-state index >= 15 is 0 Å². The van der Waals surface area contributed by atoms with Gasteiger partial charge in [0, 0.05) is 6.42 Å². The van der Waals surface area contributed by atoms with Gasteiger partial charge in [-0.15, -0.1) is 14.5 Å². The van der Waals surface area contributed by atoms with Crippen LogP contribution in [0.5, 0.6) is 0 Å². The summed E-state index contributed by atoms with van der Waals surface area (Å²) in [6, 6.07) is 0. The average Bonchev–Trinajstić information content (AvgIpc) is 2.25. The van der Waals surface area contributed by atoms with Crippen molar-refractivity contribution < 1.29 is 19.5 Å². The monoisotopic (exact) mass is 254 g/mol. The normalized spacial score (nSPS) is 14.1. The minimum Gasteiger partial charge on any atom is -0.247 e. The van der Waals surface area contributed by atoms with Crippen molar-refractivity contribution >= 4 is 10.0 Å². The molecule has 0 bridgehead atoms. The van der Waals surface area contributed by atoms with Gasteiger partial charge >= 0.3 is 0 Å². The van der Waals surface area contributed by atoms with Gasteiger partial charge in [-0.2, -0.15) is 0 Å². The van der Waals surface area contributed by atoms with Crippen LogP contribution >= 0.6 is 10.0 Å². The lowest BCUT2D eigenvalue weighted by atomic mass is 10.5. The van der Waals surface area contributed by atoms with Crippen LogP contribution in [0.4, 0.5) is 0 Å². The Morgan fingerprint density at radius 1 is 0.938 bits per heavy atom. The fourth-order valence-electron chi connectivity index (χ4n) is 1.80. The summed E-state index contributed by atoms with van der Waals surface area (Å²) in [5, 5.41) is 0.